The standard InChI is InChI=1S/C12H17NO3/c1-9(13-15)10-5-4-6-11(7-10)16-8-12(2,3)14/h4-7,14-15H,8H2,1-3H3/b13-9+. The van der Waals surface area contributed by atoms with E-state index in [-0.39, 0.29) is 6.61 Å². The molecule has 88 valence electrons. The van der Waals surface area contributed by atoms with Gasteiger partial charge in [-0.2, -0.15) is 0 Å². The maximum Gasteiger partial charge on any atom is 0.120 e. The molecular weight excluding hydrogens is 206 g/mol. The third kappa shape index (κ3) is 3.90. The Morgan fingerprint density at radius 1 is 1.44 bits per heavy atom. The first-order valence-electron chi connectivity index (χ1n) is 5.06. The highest BCUT2D eigenvalue weighted by Crippen LogP contribution is 2.15. The number of hydrogen-bond acceptors (Lipinski definition) is 4. The summed E-state index contributed by atoms with van der Waals surface area (Å²) in [5.41, 5.74) is 0.445. The summed E-state index contributed by atoms with van der Waals surface area (Å²) in [6, 6.07) is 7.19. The Balaban J connectivity index is 2.76. The normalized spacial score (nSPS) is 12.6. The van der Waals surface area contributed by atoms with Crippen LogP contribution in [0.25, 0.3) is 0 Å². The van der Waals surface area contributed by atoms with Crippen LogP contribution in [-0.2, 0) is 0 Å². The molecule has 1 aromatic rings. The second-order valence-electron chi connectivity index (χ2n) is 4.31. The van der Waals surface area contributed by atoms with Crippen molar-refractivity contribution >= 4 is 5.71 Å². The molecule has 0 bridgehead atoms. The van der Waals surface area contributed by atoms with Gasteiger partial charge in [0.05, 0.1) is 11.3 Å². The lowest BCUT2D eigenvalue weighted by Gasteiger charge is -2.18. The molecule has 0 atom stereocenters. The van der Waals surface area contributed by atoms with Gasteiger partial charge in [-0.05, 0) is 32.9 Å². The van der Waals surface area contributed by atoms with Gasteiger partial charge in [-0.25, -0.2) is 0 Å². The molecule has 0 heterocycles. The molecule has 4 heteroatoms. The molecule has 0 unspecified atom stereocenters. The molecule has 16 heavy (non-hydrogen) atoms. The van der Waals surface area contributed by atoms with Crippen LogP contribution >= 0.6 is 0 Å². The number of rotatable bonds is 4. The van der Waals surface area contributed by atoms with Gasteiger partial charge in [0, 0.05) is 5.56 Å². The minimum Gasteiger partial charge on any atom is -0.491 e. The number of oxime groups is 1. The maximum atomic E-state index is 9.51. The van der Waals surface area contributed by atoms with Gasteiger partial charge in [-0.1, -0.05) is 17.3 Å². The van der Waals surface area contributed by atoms with Gasteiger partial charge < -0.3 is 15.1 Å². The van der Waals surface area contributed by atoms with Crippen LogP contribution in [0.2, 0.25) is 0 Å². The van der Waals surface area contributed by atoms with E-state index in [9.17, 15) is 5.11 Å². The van der Waals surface area contributed by atoms with Gasteiger partial charge in [0.15, 0.2) is 0 Å². The van der Waals surface area contributed by atoms with E-state index >= 15 is 0 Å². The van der Waals surface area contributed by atoms with Crippen LogP contribution in [0.15, 0.2) is 29.4 Å². The molecular formula is C12H17NO3. The van der Waals surface area contributed by atoms with Crippen LogP contribution in [0.5, 0.6) is 5.75 Å². The predicted molar refractivity (Wildman–Crippen MR) is 62.2 cm³/mol. The highest BCUT2D eigenvalue weighted by Gasteiger charge is 2.13. The quantitative estimate of drug-likeness (QED) is 0.466. The van der Waals surface area contributed by atoms with Crippen LogP contribution < -0.4 is 4.74 Å². The summed E-state index contributed by atoms with van der Waals surface area (Å²) in [6.45, 7) is 5.27. The van der Waals surface area contributed by atoms with Crippen molar-refractivity contribution < 1.29 is 15.1 Å². The van der Waals surface area contributed by atoms with Crippen molar-refractivity contribution in [2.75, 3.05) is 6.61 Å². The number of benzene rings is 1. The summed E-state index contributed by atoms with van der Waals surface area (Å²) >= 11 is 0. The van der Waals surface area contributed by atoms with Gasteiger partial charge in [0.1, 0.15) is 12.4 Å². The Labute approximate surface area is 95.2 Å². The summed E-state index contributed by atoms with van der Waals surface area (Å²) in [6.07, 6.45) is 0. The van der Waals surface area contributed by atoms with Crippen molar-refractivity contribution in [2.45, 2.75) is 26.4 Å². The topological polar surface area (TPSA) is 62.1 Å². The van der Waals surface area contributed by atoms with Gasteiger partial charge in [-0.3, -0.25) is 0 Å². The zero-order valence-corrected chi connectivity index (χ0v) is 9.77. The van der Waals surface area contributed by atoms with Gasteiger partial charge >= 0.3 is 0 Å². The highest BCUT2D eigenvalue weighted by molar-refractivity contribution is 5.98. The van der Waals surface area contributed by atoms with E-state index in [4.69, 9.17) is 9.94 Å². The lowest BCUT2D eigenvalue weighted by Crippen LogP contribution is -2.27. The molecule has 1 aromatic carbocycles. The second-order valence-corrected chi connectivity index (χ2v) is 4.31. The van der Waals surface area contributed by atoms with Crippen molar-refractivity contribution in [3.05, 3.63) is 29.8 Å². The number of aliphatic hydroxyl groups is 1. The molecule has 4 nitrogen and oxygen atoms in total. The zero-order chi connectivity index (χ0) is 12.2. The van der Waals surface area contributed by atoms with E-state index in [2.05, 4.69) is 5.16 Å². The molecule has 0 aromatic heterocycles. The molecule has 0 saturated heterocycles. The monoisotopic (exact) mass is 223 g/mol. The summed E-state index contributed by atoms with van der Waals surface area (Å²) < 4.78 is 5.42. The molecule has 0 fully saturated rings. The summed E-state index contributed by atoms with van der Waals surface area (Å²) in [5, 5.41) is 21.3. The fraction of sp³-hybridized carbons (Fsp3) is 0.417. The third-order valence-electron chi connectivity index (χ3n) is 1.99. The lowest BCUT2D eigenvalue weighted by molar-refractivity contribution is 0.0285. The highest BCUT2D eigenvalue weighted by atomic mass is 16.5. The van der Waals surface area contributed by atoms with Crippen molar-refractivity contribution in [1.29, 1.82) is 0 Å². The molecule has 0 saturated carbocycles. The fourth-order valence-electron chi connectivity index (χ4n) is 1.13. The smallest absolute Gasteiger partial charge is 0.120 e. The fourth-order valence-corrected chi connectivity index (χ4v) is 1.13. The first kappa shape index (κ1) is 12.5. The summed E-state index contributed by atoms with van der Waals surface area (Å²) in [7, 11) is 0. The Bertz CT molecular complexity index is 380. The lowest BCUT2D eigenvalue weighted by atomic mass is 10.1. The minimum absolute atomic E-state index is 0.214. The van der Waals surface area contributed by atoms with Crippen molar-refractivity contribution in [1.82, 2.24) is 0 Å². The molecule has 1 rings (SSSR count). The Morgan fingerprint density at radius 3 is 2.69 bits per heavy atom. The average molecular weight is 223 g/mol. The first-order chi connectivity index (χ1) is 7.42. The second kappa shape index (κ2) is 4.99. The van der Waals surface area contributed by atoms with Gasteiger partial charge in [-0.15, -0.1) is 0 Å². The molecule has 0 aliphatic carbocycles. The molecule has 0 spiro atoms. The maximum absolute atomic E-state index is 9.51. The SMILES string of the molecule is C/C(=N\O)c1cccc(OCC(C)(C)O)c1. The number of ether oxygens (including phenoxy) is 1. The Kier molecular flexibility index (Phi) is 3.90. The molecule has 0 aliphatic heterocycles. The molecule has 0 radical (unpaired) electrons. The largest absolute Gasteiger partial charge is 0.491 e. The van der Waals surface area contributed by atoms with Crippen LogP contribution in [0.1, 0.15) is 26.3 Å². The van der Waals surface area contributed by atoms with Crippen molar-refractivity contribution in [3.8, 4) is 5.75 Å². The van der Waals surface area contributed by atoms with Crippen molar-refractivity contribution in [2.24, 2.45) is 5.16 Å². The van der Waals surface area contributed by atoms with Crippen LogP contribution in [-0.4, -0.2) is 28.2 Å². The van der Waals surface area contributed by atoms with E-state index in [1.807, 2.05) is 12.1 Å². The molecule has 0 aliphatic rings. The van der Waals surface area contributed by atoms with Crippen molar-refractivity contribution in [3.63, 3.8) is 0 Å². The van der Waals surface area contributed by atoms with Crippen LogP contribution in [0.3, 0.4) is 0 Å². The average Bonchev–Trinajstić information content (AvgIpc) is 2.25. The van der Waals surface area contributed by atoms with Crippen LogP contribution in [0.4, 0.5) is 0 Å². The zero-order valence-electron chi connectivity index (χ0n) is 9.77. The number of hydrogen-bond donors (Lipinski definition) is 2. The first-order valence-corrected chi connectivity index (χ1v) is 5.06. The predicted octanol–water partition coefficient (Wildman–Crippen LogP) is 2.03. The Morgan fingerprint density at radius 2 is 2.12 bits per heavy atom. The van der Waals surface area contributed by atoms with E-state index < -0.39 is 5.60 Å². The van der Waals surface area contributed by atoms with E-state index in [1.165, 1.54) is 0 Å². The third-order valence-corrected chi connectivity index (χ3v) is 1.99. The molecule has 0 amide bonds. The van der Waals surface area contributed by atoms with E-state index in [0.29, 0.717) is 11.5 Å². The summed E-state index contributed by atoms with van der Waals surface area (Å²) in [5.74, 6) is 0.641. The van der Waals surface area contributed by atoms with E-state index in [0.717, 1.165) is 5.56 Å². The van der Waals surface area contributed by atoms with Gasteiger partial charge in [0.2, 0.25) is 0 Å². The minimum atomic E-state index is -0.865. The van der Waals surface area contributed by atoms with E-state index in [1.54, 1.807) is 32.9 Å². The molecule has 2 N–H and O–H groups in total. The van der Waals surface area contributed by atoms with Crippen LogP contribution in [0, 0.1) is 0 Å². The van der Waals surface area contributed by atoms with Gasteiger partial charge in [0.25, 0.3) is 0 Å². The number of nitrogens with zero attached hydrogens (tertiary/aromatic N) is 1. The Hall–Kier alpha value is -1.55. The summed E-state index contributed by atoms with van der Waals surface area (Å²) in [4.78, 5) is 0.